The summed E-state index contributed by atoms with van der Waals surface area (Å²) in [6, 6.07) is 1.71. The first-order valence-corrected chi connectivity index (χ1v) is 8.07. The Morgan fingerprint density at radius 3 is 2.88 bits per heavy atom. The zero-order chi connectivity index (χ0) is 11.8. The first kappa shape index (κ1) is 12.5. The highest BCUT2D eigenvalue weighted by Gasteiger charge is 2.24. The molecule has 1 aliphatic heterocycles. The second-order valence-electron chi connectivity index (χ2n) is 3.83. The van der Waals surface area contributed by atoms with Gasteiger partial charge in [-0.3, -0.25) is 0 Å². The molecule has 1 aromatic heterocycles. The van der Waals surface area contributed by atoms with Crippen molar-refractivity contribution >= 4 is 37.3 Å². The van der Waals surface area contributed by atoms with Crippen LogP contribution < -0.4 is 10.0 Å². The number of hydrogen-bond acceptors (Lipinski definition) is 4. The summed E-state index contributed by atoms with van der Waals surface area (Å²) in [4.78, 5) is 0. The summed E-state index contributed by atoms with van der Waals surface area (Å²) in [6.07, 6.45) is 0.852. The van der Waals surface area contributed by atoms with E-state index in [2.05, 4.69) is 26.0 Å². The van der Waals surface area contributed by atoms with Gasteiger partial charge in [-0.2, -0.15) is 0 Å². The summed E-state index contributed by atoms with van der Waals surface area (Å²) < 4.78 is 28.0. The minimum atomic E-state index is -3.35. The first-order valence-electron chi connectivity index (χ1n) is 4.98. The monoisotopic (exact) mass is 324 g/mol. The van der Waals surface area contributed by atoms with Crippen LogP contribution in [-0.2, 0) is 10.0 Å². The minimum Gasteiger partial charge on any atom is -0.315 e. The summed E-state index contributed by atoms with van der Waals surface area (Å²) >= 11 is 4.59. The SMILES string of the molecule is Cc1cc(S(=O)(=O)N[C@H]2CCNC2)sc1Br. The van der Waals surface area contributed by atoms with Crippen LogP contribution in [0.25, 0.3) is 0 Å². The van der Waals surface area contributed by atoms with Gasteiger partial charge in [0.1, 0.15) is 4.21 Å². The fourth-order valence-electron chi connectivity index (χ4n) is 1.60. The van der Waals surface area contributed by atoms with Gasteiger partial charge < -0.3 is 5.32 Å². The van der Waals surface area contributed by atoms with Crippen LogP contribution >= 0.6 is 27.3 Å². The van der Waals surface area contributed by atoms with E-state index in [1.807, 2.05) is 6.92 Å². The molecule has 1 saturated heterocycles. The van der Waals surface area contributed by atoms with Gasteiger partial charge in [0.2, 0.25) is 10.0 Å². The summed E-state index contributed by atoms with van der Waals surface area (Å²) in [5.41, 5.74) is 0.954. The van der Waals surface area contributed by atoms with Crippen molar-refractivity contribution in [1.29, 1.82) is 0 Å². The molecule has 0 saturated carbocycles. The van der Waals surface area contributed by atoms with E-state index in [1.54, 1.807) is 6.07 Å². The van der Waals surface area contributed by atoms with E-state index in [4.69, 9.17) is 0 Å². The van der Waals surface area contributed by atoms with Crippen molar-refractivity contribution < 1.29 is 8.42 Å². The van der Waals surface area contributed by atoms with Gasteiger partial charge in [0.05, 0.1) is 3.79 Å². The maximum absolute atomic E-state index is 12.0. The van der Waals surface area contributed by atoms with Gasteiger partial charge in [0.25, 0.3) is 0 Å². The third-order valence-corrected chi connectivity index (χ3v) is 6.61. The number of halogens is 1. The van der Waals surface area contributed by atoms with Gasteiger partial charge in [-0.15, -0.1) is 11.3 Å². The third-order valence-electron chi connectivity index (χ3n) is 2.48. The highest BCUT2D eigenvalue weighted by atomic mass is 79.9. The average Bonchev–Trinajstić information content (AvgIpc) is 2.78. The summed E-state index contributed by atoms with van der Waals surface area (Å²) in [7, 11) is -3.35. The van der Waals surface area contributed by atoms with Crippen molar-refractivity contribution in [2.45, 2.75) is 23.6 Å². The van der Waals surface area contributed by atoms with Gasteiger partial charge in [0, 0.05) is 12.6 Å². The Morgan fingerprint density at radius 1 is 1.62 bits per heavy atom. The van der Waals surface area contributed by atoms with Crippen LogP contribution in [0.1, 0.15) is 12.0 Å². The van der Waals surface area contributed by atoms with E-state index in [-0.39, 0.29) is 6.04 Å². The van der Waals surface area contributed by atoms with E-state index in [0.29, 0.717) is 10.8 Å². The molecule has 0 bridgehead atoms. The molecule has 0 radical (unpaired) electrons. The van der Waals surface area contributed by atoms with Crippen LogP contribution in [0.2, 0.25) is 0 Å². The molecule has 90 valence electrons. The molecule has 16 heavy (non-hydrogen) atoms. The zero-order valence-corrected chi connectivity index (χ0v) is 12.0. The standard InChI is InChI=1S/C9H13BrN2O2S2/c1-6-4-8(15-9(6)10)16(13,14)12-7-2-3-11-5-7/h4,7,11-12H,2-3,5H2,1H3/t7-/m0/s1. The average molecular weight is 325 g/mol. The smallest absolute Gasteiger partial charge is 0.250 e. The molecule has 0 spiro atoms. The number of nitrogens with one attached hydrogen (secondary N) is 2. The molecule has 1 atom stereocenters. The minimum absolute atomic E-state index is 0.0196. The Balaban J connectivity index is 2.18. The van der Waals surface area contributed by atoms with Gasteiger partial charge in [-0.1, -0.05) is 0 Å². The van der Waals surface area contributed by atoms with Crippen molar-refractivity contribution in [3.05, 3.63) is 15.4 Å². The van der Waals surface area contributed by atoms with Crippen LogP contribution in [0.5, 0.6) is 0 Å². The van der Waals surface area contributed by atoms with E-state index in [0.717, 1.165) is 22.3 Å². The molecule has 0 unspecified atom stereocenters. The van der Waals surface area contributed by atoms with Crippen molar-refractivity contribution in [3.8, 4) is 0 Å². The Bertz CT molecular complexity index is 458. The normalized spacial score (nSPS) is 21.5. The van der Waals surface area contributed by atoms with Gasteiger partial charge in [-0.05, 0) is 47.4 Å². The van der Waals surface area contributed by atoms with Crippen LogP contribution in [0.4, 0.5) is 0 Å². The van der Waals surface area contributed by atoms with Crippen LogP contribution in [-0.4, -0.2) is 27.5 Å². The summed E-state index contributed by atoms with van der Waals surface area (Å²) in [5, 5.41) is 3.13. The van der Waals surface area contributed by atoms with E-state index in [9.17, 15) is 8.42 Å². The molecule has 0 aliphatic carbocycles. The van der Waals surface area contributed by atoms with Crippen molar-refractivity contribution in [2.24, 2.45) is 0 Å². The highest BCUT2D eigenvalue weighted by molar-refractivity contribution is 9.11. The zero-order valence-electron chi connectivity index (χ0n) is 8.79. The molecule has 2 heterocycles. The molecular weight excluding hydrogens is 312 g/mol. The van der Waals surface area contributed by atoms with E-state index < -0.39 is 10.0 Å². The molecule has 0 aromatic carbocycles. The number of hydrogen-bond donors (Lipinski definition) is 2. The van der Waals surface area contributed by atoms with Crippen molar-refractivity contribution in [2.75, 3.05) is 13.1 Å². The lowest BCUT2D eigenvalue weighted by molar-refractivity contribution is 0.562. The van der Waals surface area contributed by atoms with Crippen LogP contribution in [0.3, 0.4) is 0 Å². The molecule has 1 aliphatic rings. The lowest BCUT2D eigenvalue weighted by Gasteiger charge is -2.10. The summed E-state index contributed by atoms with van der Waals surface area (Å²) in [5.74, 6) is 0. The van der Waals surface area contributed by atoms with Gasteiger partial charge >= 0.3 is 0 Å². The van der Waals surface area contributed by atoms with E-state index in [1.165, 1.54) is 11.3 Å². The van der Waals surface area contributed by atoms with Crippen molar-refractivity contribution in [1.82, 2.24) is 10.0 Å². The predicted octanol–water partition coefficient (Wildman–Crippen LogP) is 1.46. The number of rotatable bonds is 3. The Labute approximate surface area is 108 Å². The first-order chi connectivity index (χ1) is 7.49. The number of thiophene rings is 1. The van der Waals surface area contributed by atoms with Gasteiger partial charge in [-0.25, -0.2) is 13.1 Å². The maximum Gasteiger partial charge on any atom is 0.250 e. The molecule has 2 N–H and O–H groups in total. The topological polar surface area (TPSA) is 58.2 Å². The molecule has 2 rings (SSSR count). The maximum atomic E-state index is 12.0. The molecule has 7 heteroatoms. The summed E-state index contributed by atoms with van der Waals surface area (Å²) in [6.45, 7) is 3.47. The number of aryl methyl sites for hydroxylation is 1. The van der Waals surface area contributed by atoms with E-state index >= 15 is 0 Å². The van der Waals surface area contributed by atoms with Crippen molar-refractivity contribution in [3.63, 3.8) is 0 Å². The molecule has 0 amide bonds. The Morgan fingerprint density at radius 2 is 2.38 bits per heavy atom. The Kier molecular flexibility index (Phi) is 3.70. The van der Waals surface area contributed by atoms with Crippen LogP contribution in [0.15, 0.2) is 14.1 Å². The molecule has 4 nitrogen and oxygen atoms in total. The lowest BCUT2D eigenvalue weighted by Crippen LogP contribution is -2.35. The fraction of sp³-hybridized carbons (Fsp3) is 0.556. The second-order valence-corrected chi connectivity index (χ2v) is 8.14. The lowest BCUT2D eigenvalue weighted by atomic mass is 10.3. The number of sulfonamides is 1. The third kappa shape index (κ3) is 2.65. The predicted molar refractivity (Wildman–Crippen MR) is 68.4 cm³/mol. The van der Waals surface area contributed by atoms with Gasteiger partial charge in [0.15, 0.2) is 0 Å². The fourth-order valence-corrected chi connectivity index (χ4v) is 5.11. The van der Waals surface area contributed by atoms with Crippen LogP contribution in [0, 0.1) is 6.92 Å². The molecule has 1 aromatic rings. The molecular formula is C9H13BrN2O2S2. The highest BCUT2D eigenvalue weighted by Crippen LogP contribution is 2.30. The Hall–Kier alpha value is 0.0500. The molecule has 1 fully saturated rings. The quantitative estimate of drug-likeness (QED) is 0.885. The largest absolute Gasteiger partial charge is 0.315 e. The second kappa shape index (κ2) is 4.73.